The van der Waals surface area contributed by atoms with Gasteiger partial charge in [0.2, 0.25) is 5.03 Å². The minimum atomic E-state index is -3.62. The van der Waals surface area contributed by atoms with Crippen LogP contribution in [-0.2, 0) is 17.1 Å². The van der Waals surface area contributed by atoms with E-state index in [2.05, 4.69) is 31.6 Å². The number of rotatable bonds is 5. The maximum Gasteiger partial charge on any atom is 0.263 e. The first-order valence-corrected chi connectivity index (χ1v) is 8.87. The molecule has 1 fully saturated rings. The summed E-state index contributed by atoms with van der Waals surface area (Å²) in [6.07, 6.45) is 2.09. The first-order chi connectivity index (χ1) is 9.34. The van der Waals surface area contributed by atoms with Crippen molar-refractivity contribution in [3.05, 3.63) is 4.60 Å². The Balaban J connectivity index is 2.32. The lowest BCUT2D eigenvalue weighted by atomic mass is 10.2. The highest BCUT2D eigenvalue weighted by atomic mass is 79.9. The molecule has 0 aromatic carbocycles. The van der Waals surface area contributed by atoms with Crippen molar-refractivity contribution in [2.45, 2.75) is 43.8 Å². The number of sulfonamides is 1. The largest absolute Gasteiger partial charge is 0.313 e. The molecule has 7 nitrogen and oxygen atoms in total. The number of aromatic nitrogens is 3. The fourth-order valence-corrected chi connectivity index (χ4v) is 5.14. The van der Waals surface area contributed by atoms with Crippen LogP contribution in [0.1, 0.15) is 26.7 Å². The smallest absolute Gasteiger partial charge is 0.263 e. The summed E-state index contributed by atoms with van der Waals surface area (Å²) in [5, 5.41) is 11.0. The zero-order valence-electron chi connectivity index (χ0n) is 11.9. The van der Waals surface area contributed by atoms with Crippen molar-refractivity contribution >= 4 is 26.0 Å². The third-order valence-electron chi connectivity index (χ3n) is 3.43. The first-order valence-electron chi connectivity index (χ1n) is 6.64. The van der Waals surface area contributed by atoms with Crippen LogP contribution >= 0.6 is 15.9 Å². The Morgan fingerprint density at radius 3 is 2.70 bits per heavy atom. The van der Waals surface area contributed by atoms with Crippen molar-refractivity contribution in [1.82, 2.24) is 24.6 Å². The maximum atomic E-state index is 12.8. The molecule has 1 N–H and O–H groups in total. The van der Waals surface area contributed by atoms with Crippen LogP contribution in [-0.4, -0.2) is 52.9 Å². The zero-order chi connectivity index (χ0) is 14.9. The van der Waals surface area contributed by atoms with E-state index in [9.17, 15) is 8.42 Å². The number of nitrogens with one attached hydrogen (secondary N) is 1. The molecule has 0 bridgehead atoms. The van der Waals surface area contributed by atoms with Gasteiger partial charge in [-0.1, -0.05) is 5.21 Å². The van der Waals surface area contributed by atoms with E-state index in [1.807, 2.05) is 13.8 Å². The summed E-state index contributed by atoms with van der Waals surface area (Å²) in [7, 11) is -2.04. The summed E-state index contributed by atoms with van der Waals surface area (Å²) in [6.45, 7) is 5.18. The highest BCUT2D eigenvalue weighted by molar-refractivity contribution is 9.10. The molecule has 2 rings (SSSR count). The van der Waals surface area contributed by atoms with Crippen LogP contribution in [0.2, 0.25) is 0 Å². The van der Waals surface area contributed by atoms with Crippen LogP contribution in [0, 0.1) is 0 Å². The molecule has 1 aliphatic heterocycles. The fraction of sp³-hybridized carbons (Fsp3) is 0.818. The molecular formula is C11H20BrN5O2S. The quantitative estimate of drug-likeness (QED) is 0.831. The van der Waals surface area contributed by atoms with Crippen molar-refractivity contribution in [2.75, 3.05) is 13.1 Å². The van der Waals surface area contributed by atoms with Gasteiger partial charge in [-0.15, -0.1) is 5.10 Å². The van der Waals surface area contributed by atoms with E-state index in [0.717, 1.165) is 19.4 Å². The Bertz CT molecular complexity index is 546. The monoisotopic (exact) mass is 365 g/mol. The molecule has 20 heavy (non-hydrogen) atoms. The van der Waals surface area contributed by atoms with Crippen molar-refractivity contribution in [1.29, 1.82) is 0 Å². The normalized spacial score (nSPS) is 20.2. The molecular weight excluding hydrogens is 346 g/mol. The minimum absolute atomic E-state index is 0.101. The molecule has 1 unspecified atom stereocenters. The fourth-order valence-electron chi connectivity index (χ4n) is 2.42. The van der Waals surface area contributed by atoms with Gasteiger partial charge in [-0.3, -0.25) is 0 Å². The highest BCUT2D eigenvalue weighted by Crippen LogP contribution is 2.24. The van der Waals surface area contributed by atoms with Gasteiger partial charge in [-0.25, -0.2) is 13.1 Å². The summed E-state index contributed by atoms with van der Waals surface area (Å²) >= 11 is 3.17. The van der Waals surface area contributed by atoms with Gasteiger partial charge in [-0.05, 0) is 49.2 Å². The van der Waals surface area contributed by atoms with E-state index in [0.29, 0.717) is 6.54 Å². The lowest BCUT2D eigenvalue weighted by Gasteiger charge is -2.28. The second kappa shape index (κ2) is 6.08. The van der Waals surface area contributed by atoms with Crippen molar-refractivity contribution < 1.29 is 8.42 Å². The number of nitrogens with zero attached hydrogens (tertiary/aromatic N) is 4. The van der Waals surface area contributed by atoms with Crippen LogP contribution in [0.25, 0.3) is 0 Å². The average Bonchev–Trinajstić information content (AvgIpc) is 2.95. The van der Waals surface area contributed by atoms with Crippen molar-refractivity contribution in [2.24, 2.45) is 7.05 Å². The van der Waals surface area contributed by atoms with Gasteiger partial charge in [0.15, 0.2) is 4.60 Å². The van der Waals surface area contributed by atoms with Gasteiger partial charge in [0.25, 0.3) is 10.0 Å². The van der Waals surface area contributed by atoms with Gasteiger partial charge in [0.1, 0.15) is 0 Å². The summed E-state index contributed by atoms with van der Waals surface area (Å²) in [6, 6.07) is 0.0938. The summed E-state index contributed by atoms with van der Waals surface area (Å²) in [4.78, 5) is 0. The molecule has 0 aliphatic carbocycles. The number of aryl methyl sites for hydroxylation is 1. The Morgan fingerprint density at radius 2 is 2.25 bits per heavy atom. The van der Waals surface area contributed by atoms with E-state index in [1.54, 1.807) is 7.05 Å². The summed E-state index contributed by atoms with van der Waals surface area (Å²) in [5.74, 6) is 0. The number of hydrogen-bond acceptors (Lipinski definition) is 5. The molecule has 1 aromatic heterocycles. The van der Waals surface area contributed by atoms with Gasteiger partial charge >= 0.3 is 0 Å². The SMILES string of the molecule is CC(C)N(CC1CCCN1)S(=O)(=O)c1c(Br)nnn1C. The minimum Gasteiger partial charge on any atom is -0.313 e. The van der Waals surface area contributed by atoms with Crippen LogP contribution in [0.15, 0.2) is 9.63 Å². The first kappa shape index (κ1) is 15.9. The predicted molar refractivity (Wildman–Crippen MR) is 78.8 cm³/mol. The number of hydrogen-bond donors (Lipinski definition) is 1. The lowest BCUT2D eigenvalue weighted by molar-refractivity contribution is 0.319. The molecule has 0 saturated carbocycles. The molecule has 0 radical (unpaired) electrons. The van der Waals surface area contributed by atoms with E-state index >= 15 is 0 Å². The second-order valence-electron chi connectivity index (χ2n) is 5.27. The van der Waals surface area contributed by atoms with Crippen LogP contribution in [0.3, 0.4) is 0 Å². The van der Waals surface area contributed by atoms with E-state index in [-0.39, 0.29) is 21.7 Å². The molecule has 0 spiro atoms. The van der Waals surface area contributed by atoms with Crippen LogP contribution in [0.5, 0.6) is 0 Å². The molecule has 1 atom stereocenters. The standard InChI is InChI=1S/C11H20BrN5O2S/c1-8(2)17(7-9-5-4-6-13-9)20(18,19)11-10(12)14-15-16(11)3/h8-9,13H,4-7H2,1-3H3. The Kier molecular flexibility index (Phi) is 4.83. The second-order valence-corrected chi connectivity index (χ2v) is 7.83. The zero-order valence-corrected chi connectivity index (χ0v) is 14.3. The third kappa shape index (κ3) is 3.05. The predicted octanol–water partition coefficient (Wildman–Crippen LogP) is 0.729. The van der Waals surface area contributed by atoms with Gasteiger partial charge < -0.3 is 5.32 Å². The van der Waals surface area contributed by atoms with Crippen LogP contribution < -0.4 is 5.32 Å². The average molecular weight is 366 g/mol. The van der Waals surface area contributed by atoms with Crippen LogP contribution in [0.4, 0.5) is 0 Å². The van der Waals surface area contributed by atoms with Gasteiger partial charge in [-0.2, -0.15) is 4.31 Å². The summed E-state index contributed by atoms with van der Waals surface area (Å²) in [5.41, 5.74) is 0. The molecule has 1 saturated heterocycles. The molecule has 1 aliphatic rings. The number of halogens is 1. The topological polar surface area (TPSA) is 80.1 Å². The third-order valence-corrected chi connectivity index (χ3v) is 6.36. The van der Waals surface area contributed by atoms with Gasteiger partial charge in [0.05, 0.1) is 0 Å². The lowest BCUT2D eigenvalue weighted by Crippen LogP contribution is -2.45. The van der Waals surface area contributed by atoms with E-state index < -0.39 is 10.0 Å². The molecule has 1 aromatic rings. The van der Waals surface area contributed by atoms with E-state index in [1.165, 1.54) is 8.99 Å². The molecule has 114 valence electrons. The van der Waals surface area contributed by atoms with Gasteiger partial charge in [0, 0.05) is 25.7 Å². The van der Waals surface area contributed by atoms with Crippen molar-refractivity contribution in [3.8, 4) is 0 Å². The molecule has 0 amide bonds. The highest BCUT2D eigenvalue weighted by Gasteiger charge is 2.34. The molecule has 9 heteroatoms. The Hall–Kier alpha value is -0.510. The Labute approximate surface area is 127 Å². The van der Waals surface area contributed by atoms with E-state index in [4.69, 9.17) is 0 Å². The molecule has 2 heterocycles. The Morgan fingerprint density at radius 1 is 1.55 bits per heavy atom. The maximum absolute atomic E-state index is 12.8. The van der Waals surface area contributed by atoms with Crippen molar-refractivity contribution in [3.63, 3.8) is 0 Å². The summed E-state index contributed by atoms with van der Waals surface area (Å²) < 4.78 is 28.7.